The van der Waals surface area contributed by atoms with Crippen LogP contribution in [0.15, 0.2) is 24.3 Å². The summed E-state index contributed by atoms with van der Waals surface area (Å²) < 4.78 is 0. The van der Waals surface area contributed by atoms with Gasteiger partial charge in [0.05, 0.1) is 0 Å². The molecule has 1 aromatic carbocycles. The molecule has 2 atom stereocenters. The lowest BCUT2D eigenvalue weighted by atomic mass is 10.0. The van der Waals surface area contributed by atoms with Gasteiger partial charge in [0.2, 0.25) is 5.91 Å². The van der Waals surface area contributed by atoms with Gasteiger partial charge in [-0.05, 0) is 49.9 Å². The fourth-order valence-electron chi connectivity index (χ4n) is 2.16. The average Bonchev–Trinajstić information content (AvgIpc) is 2.46. The molecular formula is C17H25ClN2O3. The molecule has 1 unspecified atom stereocenters. The highest BCUT2D eigenvalue weighted by atomic mass is 35.5. The number of nitrogens with one attached hydrogen (secondary N) is 2. The molecule has 2 amide bonds. The number of aliphatic hydroxyl groups is 1. The van der Waals surface area contributed by atoms with Gasteiger partial charge in [0.1, 0.15) is 6.04 Å². The van der Waals surface area contributed by atoms with Crippen molar-refractivity contribution >= 4 is 23.4 Å². The van der Waals surface area contributed by atoms with Gasteiger partial charge in [-0.15, -0.1) is 0 Å². The van der Waals surface area contributed by atoms with Crippen molar-refractivity contribution in [2.75, 3.05) is 6.61 Å². The molecule has 23 heavy (non-hydrogen) atoms. The van der Waals surface area contributed by atoms with Gasteiger partial charge in [-0.3, -0.25) is 9.59 Å². The van der Waals surface area contributed by atoms with E-state index in [4.69, 9.17) is 16.7 Å². The maximum absolute atomic E-state index is 12.4. The minimum absolute atomic E-state index is 0.00737. The summed E-state index contributed by atoms with van der Waals surface area (Å²) in [5.41, 5.74) is 0.458. The number of hydrogen-bond acceptors (Lipinski definition) is 3. The van der Waals surface area contributed by atoms with Crippen molar-refractivity contribution in [3.05, 3.63) is 34.9 Å². The first-order valence-electron chi connectivity index (χ1n) is 7.81. The van der Waals surface area contributed by atoms with Crippen LogP contribution in [0.3, 0.4) is 0 Å². The highest BCUT2D eigenvalue weighted by Crippen LogP contribution is 2.11. The zero-order valence-electron chi connectivity index (χ0n) is 13.8. The van der Waals surface area contributed by atoms with Crippen LogP contribution >= 0.6 is 11.6 Å². The molecule has 6 heteroatoms. The van der Waals surface area contributed by atoms with E-state index in [-0.39, 0.29) is 30.4 Å². The third kappa shape index (κ3) is 7.01. The van der Waals surface area contributed by atoms with E-state index in [1.165, 1.54) is 0 Å². The summed E-state index contributed by atoms with van der Waals surface area (Å²) >= 11 is 5.81. The largest absolute Gasteiger partial charge is 0.396 e. The van der Waals surface area contributed by atoms with E-state index in [0.29, 0.717) is 23.4 Å². The summed E-state index contributed by atoms with van der Waals surface area (Å²) in [6.07, 6.45) is 1.02. The van der Waals surface area contributed by atoms with E-state index < -0.39 is 6.04 Å². The second kappa shape index (κ2) is 9.53. The minimum atomic E-state index is -0.612. The fraction of sp³-hybridized carbons (Fsp3) is 0.529. The third-order valence-electron chi connectivity index (χ3n) is 3.39. The van der Waals surface area contributed by atoms with Gasteiger partial charge in [0, 0.05) is 23.2 Å². The molecule has 0 heterocycles. The number of amides is 2. The highest BCUT2D eigenvalue weighted by molar-refractivity contribution is 6.30. The number of hydrogen-bond donors (Lipinski definition) is 3. The van der Waals surface area contributed by atoms with Crippen LogP contribution < -0.4 is 10.6 Å². The predicted octanol–water partition coefficient (Wildman–Crippen LogP) is 2.37. The molecule has 128 valence electrons. The molecule has 0 bridgehead atoms. The Morgan fingerprint density at radius 3 is 2.26 bits per heavy atom. The Balaban J connectivity index is 2.75. The first-order valence-corrected chi connectivity index (χ1v) is 8.19. The third-order valence-corrected chi connectivity index (χ3v) is 3.64. The molecule has 0 aliphatic rings. The zero-order valence-corrected chi connectivity index (χ0v) is 14.6. The molecule has 0 saturated carbocycles. The maximum Gasteiger partial charge on any atom is 0.251 e. The van der Waals surface area contributed by atoms with Crippen LogP contribution in [0, 0.1) is 5.92 Å². The lowest BCUT2D eigenvalue weighted by Gasteiger charge is -2.22. The van der Waals surface area contributed by atoms with E-state index in [2.05, 4.69) is 10.6 Å². The number of benzene rings is 1. The lowest BCUT2D eigenvalue weighted by Crippen LogP contribution is -2.49. The molecule has 0 saturated heterocycles. The lowest BCUT2D eigenvalue weighted by molar-refractivity contribution is -0.124. The summed E-state index contributed by atoms with van der Waals surface area (Å²) in [6, 6.07) is 5.76. The molecule has 1 aromatic rings. The number of carbonyl (C=O) groups excluding carboxylic acids is 2. The van der Waals surface area contributed by atoms with Crippen molar-refractivity contribution in [2.24, 2.45) is 5.92 Å². The number of halogens is 1. The first-order chi connectivity index (χ1) is 10.8. The molecule has 0 aliphatic carbocycles. The van der Waals surface area contributed by atoms with Crippen LogP contribution in [0.1, 0.15) is 44.0 Å². The van der Waals surface area contributed by atoms with E-state index in [1.54, 1.807) is 24.3 Å². The van der Waals surface area contributed by atoms with Crippen molar-refractivity contribution in [3.63, 3.8) is 0 Å². The zero-order chi connectivity index (χ0) is 17.4. The van der Waals surface area contributed by atoms with Gasteiger partial charge in [0.25, 0.3) is 5.91 Å². The second-order valence-corrected chi connectivity index (χ2v) is 6.52. The monoisotopic (exact) mass is 340 g/mol. The van der Waals surface area contributed by atoms with Gasteiger partial charge in [0.15, 0.2) is 0 Å². The number of carbonyl (C=O) groups is 2. The Morgan fingerprint density at radius 1 is 1.13 bits per heavy atom. The van der Waals surface area contributed by atoms with Crippen molar-refractivity contribution in [3.8, 4) is 0 Å². The topological polar surface area (TPSA) is 78.4 Å². The Bertz CT molecular complexity index is 517. The van der Waals surface area contributed by atoms with Gasteiger partial charge < -0.3 is 15.7 Å². The van der Waals surface area contributed by atoms with Crippen LogP contribution in [0.25, 0.3) is 0 Å². The summed E-state index contributed by atoms with van der Waals surface area (Å²) in [7, 11) is 0. The quantitative estimate of drug-likeness (QED) is 0.679. The molecule has 5 nitrogen and oxygen atoms in total. The summed E-state index contributed by atoms with van der Waals surface area (Å²) in [4.78, 5) is 24.6. The van der Waals surface area contributed by atoms with E-state index >= 15 is 0 Å². The Labute approximate surface area is 142 Å². The smallest absolute Gasteiger partial charge is 0.251 e. The molecule has 0 aliphatic heterocycles. The van der Waals surface area contributed by atoms with Crippen LogP contribution in [-0.2, 0) is 4.79 Å². The molecule has 0 fully saturated rings. The predicted molar refractivity (Wildman–Crippen MR) is 91.5 cm³/mol. The first kappa shape index (κ1) is 19.5. The molecular weight excluding hydrogens is 316 g/mol. The molecule has 0 radical (unpaired) electrons. The van der Waals surface area contributed by atoms with Crippen LogP contribution in [0.2, 0.25) is 5.02 Å². The SMILES string of the molecule is CC(C)CC(NC(=O)c1ccc(Cl)cc1)C(=O)N[C@H](C)CCO. The van der Waals surface area contributed by atoms with Crippen molar-refractivity contribution < 1.29 is 14.7 Å². The molecule has 0 aromatic heterocycles. The van der Waals surface area contributed by atoms with Crippen molar-refractivity contribution in [1.29, 1.82) is 0 Å². The van der Waals surface area contributed by atoms with Gasteiger partial charge >= 0.3 is 0 Å². The fourth-order valence-corrected chi connectivity index (χ4v) is 2.28. The van der Waals surface area contributed by atoms with Crippen molar-refractivity contribution in [2.45, 2.75) is 45.7 Å². The summed E-state index contributed by atoms with van der Waals surface area (Å²) in [6.45, 7) is 5.81. The molecule has 1 rings (SSSR count). The Morgan fingerprint density at radius 2 is 1.74 bits per heavy atom. The maximum atomic E-state index is 12.4. The van der Waals surface area contributed by atoms with Gasteiger partial charge in [-0.2, -0.15) is 0 Å². The highest BCUT2D eigenvalue weighted by Gasteiger charge is 2.23. The minimum Gasteiger partial charge on any atom is -0.396 e. The standard InChI is InChI=1S/C17H25ClN2O3/c1-11(2)10-15(17(23)19-12(3)8-9-21)20-16(22)13-4-6-14(18)7-5-13/h4-7,11-12,15,21H,8-10H2,1-3H3,(H,19,23)(H,20,22)/t12-,15?/m1/s1. The van der Waals surface area contributed by atoms with Crippen LogP contribution in [0.4, 0.5) is 0 Å². The molecule has 3 N–H and O–H groups in total. The van der Waals surface area contributed by atoms with Crippen molar-refractivity contribution in [1.82, 2.24) is 10.6 Å². The van der Waals surface area contributed by atoms with Gasteiger partial charge in [-0.1, -0.05) is 25.4 Å². The van der Waals surface area contributed by atoms with Crippen LogP contribution in [-0.4, -0.2) is 35.6 Å². The van der Waals surface area contributed by atoms with Crippen LogP contribution in [0.5, 0.6) is 0 Å². The van der Waals surface area contributed by atoms with E-state index in [0.717, 1.165) is 0 Å². The number of aliphatic hydroxyl groups excluding tert-OH is 1. The summed E-state index contributed by atoms with van der Waals surface area (Å²) in [5.74, 6) is -0.288. The number of rotatable bonds is 8. The van der Waals surface area contributed by atoms with E-state index in [9.17, 15) is 9.59 Å². The Kier molecular flexibility index (Phi) is 8.06. The van der Waals surface area contributed by atoms with Gasteiger partial charge in [-0.25, -0.2) is 0 Å². The van der Waals surface area contributed by atoms with E-state index in [1.807, 2.05) is 20.8 Å². The Hall–Kier alpha value is -1.59. The average molecular weight is 341 g/mol. The normalized spacial score (nSPS) is 13.5. The second-order valence-electron chi connectivity index (χ2n) is 6.08. The molecule has 0 spiro atoms. The summed E-state index contributed by atoms with van der Waals surface area (Å²) in [5, 5.41) is 15.1.